The van der Waals surface area contributed by atoms with Crippen LogP contribution in [0.25, 0.3) is 0 Å². The lowest BCUT2D eigenvalue weighted by atomic mass is 9.95. The highest BCUT2D eigenvalue weighted by Crippen LogP contribution is 2.30. The summed E-state index contributed by atoms with van der Waals surface area (Å²) < 4.78 is 0. The standard InChI is InChI=1S/C13H17N3O3/c1-8-10-6-9(17)2-3-12(10)19-16-11(8)4-5-15-13(18)7-14/h3,6,16H,2,4-5,7,14H2,1H3,(H,15,18). The number of rotatable bonds is 4. The number of fused-ring (bicyclic) bond motifs is 1. The largest absolute Gasteiger partial charge is 0.382 e. The smallest absolute Gasteiger partial charge is 0.233 e. The summed E-state index contributed by atoms with van der Waals surface area (Å²) in [7, 11) is 0. The van der Waals surface area contributed by atoms with Crippen LogP contribution in [0, 0.1) is 0 Å². The van der Waals surface area contributed by atoms with Gasteiger partial charge in [-0.05, 0) is 24.6 Å². The van der Waals surface area contributed by atoms with Gasteiger partial charge in [0.25, 0.3) is 0 Å². The van der Waals surface area contributed by atoms with E-state index in [9.17, 15) is 9.59 Å². The zero-order chi connectivity index (χ0) is 13.8. The summed E-state index contributed by atoms with van der Waals surface area (Å²) in [5.74, 6) is 0.564. The van der Waals surface area contributed by atoms with Crippen LogP contribution < -0.4 is 16.5 Å². The second kappa shape index (κ2) is 5.71. The van der Waals surface area contributed by atoms with E-state index in [4.69, 9.17) is 10.6 Å². The van der Waals surface area contributed by atoms with Gasteiger partial charge >= 0.3 is 0 Å². The number of carbonyl (C=O) groups excluding carboxylic acids is 2. The molecule has 0 saturated carbocycles. The van der Waals surface area contributed by atoms with Gasteiger partial charge in [0.15, 0.2) is 11.5 Å². The topological polar surface area (TPSA) is 93.5 Å². The van der Waals surface area contributed by atoms with Crippen molar-refractivity contribution in [3.8, 4) is 0 Å². The van der Waals surface area contributed by atoms with Crippen molar-refractivity contribution in [3.63, 3.8) is 0 Å². The molecule has 0 aromatic heterocycles. The highest BCUT2D eigenvalue weighted by Gasteiger charge is 2.23. The van der Waals surface area contributed by atoms with Gasteiger partial charge in [0.05, 0.1) is 12.2 Å². The van der Waals surface area contributed by atoms with Crippen LogP contribution >= 0.6 is 0 Å². The quantitative estimate of drug-likeness (QED) is 0.666. The van der Waals surface area contributed by atoms with Crippen LogP contribution in [0.15, 0.2) is 34.8 Å². The van der Waals surface area contributed by atoms with Crippen LogP contribution in [-0.4, -0.2) is 24.8 Å². The molecule has 0 bridgehead atoms. The fourth-order valence-corrected chi connectivity index (χ4v) is 1.98. The zero-order valence-electron chi connectivity index (χ0n) is 10.8. The van der Waals surface area contributed by atoms with Gasteiger partial charge in [-0.2, -0.15) is 0 Å². The van der Waals surface area contributed by atoms with Gasteiger partial charge in [0.2, 0.25) is 5.91 Å². The molecule has 2 aliphatic rings. The predicted molar refractivity (Wildman–Crippen MR) is 69.4 cm³/mol. The van der Waals surface area contributed by atoms with E-state index in [2.05, 4.69) is 10.8 Å². The van der Waals surface area contributed by atoms with E-state index in [1.807, 2.05) is 6.92 Å². The summed E-state index contributed by atoms with van der Waals surface area (Å²) in [6, 6.07) is 0. The molecule has 2 rings (SSSR count). The summed E-state index contributed by atoms with van der Waals surface area (Å²) in [6.07, 6.45) is 4.33. The van der Waals surface area contributed by atoms with Crippen molar-refractivity contribution in [1.29, 1.82) is 0 Å². The van der Waals surface area contributed by atoms with Crippen molar-refractivity contribution in [2.75, 3.05) is 13.1 Å². The molecule has 0 unspecified atom stereocenters. The third kappa shape index (κ3) is 3.03. The molecule has 19 heavy (non-hydrogen) atoms. The molecule has 6 heteroatoms. The third-order valence-electron chi connectivity index (χ3n) is 3.08. The number of nitrogens with two attached hydrogens (primary N) is 1. The maximum absolute atomic E-state index is 11.4. The SMILES string of the molecule is CC1=C(CCNC(=O)CN)NOC2=CCC(=O)C=C21. The number of allylic oxidation sites excluding steroid dienone is 3. The predicted octanol–water partition coefficient (Wildman–Crippen LogP) is 0.0433. The summed E-state index contributed by atoms with van der Waals surface area (Å²) in [5.41, 5.74) is 10.7. The molecular formula is C13H17N3O3. The Bertz CT molecular complexity index is 503. The molecule has 1 aliphatic heterocycles. The minimum atomic E-state index is -0.192. The van der Waals surface area contributed by atoms with Crippen molar-refractivity contribution in [1.82, 2.24) is 10.8 Å². The van der Waals surface area contributed by atoms with Gasteiger partial charge in [0.1, 0.15) is 0 Å². The minimum Gasteiger partial charge on any atom is -0.382 e. The number of ketones is 1. The van der Waals surface area contributed by atoms with Crippen molar-refractivity contribution in [2.45, 2.75) is 19.8 Å². The number of carbonyl (C=O) groups is 2. The molecule has 0 fully saturated rings. The van der Waals surface area contributed by atoms with Gasteiger partial charge in [-0.3, -0.25) is 9.59 Å². The third-order valence-corrected chi connectivity index (χ3v) is 3.08. The first kappa shape index (κ1) is 13.4. The molecule has 0 spiro atoms. The van der Waals surface area contributed by atoms with Crippen molar-refractivity contribution in [2.24, 2.45) is 5.73 Å². The molecule has 1 heterocycles. The Morgan fingerprint density at radius 3 is 3.11 bits per heavy atom. The molecule has 4 N–H and O–H groups in total. The van der Waals surface area contributed by atoms with Crippen LogP contribution in [0.3, 0.4) is 0 Å². The first-order valence-electron chi connectivity index (χ1n) is 6.16. The van der Waals surface area contributed by atoms with E-state index < -0.39 is 0 Å². The van der Waals surface area contributed by atoms with Gasteiger partial charge < -0.3 is 15.9 Å². The maximum atomic E-state index is 11.4. The fourth-order valence-electron chi connectivity index (χ4n) is 1.98. The summed E-state index contributed by atoms with van der Waals surface area (Å²) in [5, 5.41) is 2.69. The molecular weight excluding hydrogens is 246 g/mol. The highest BCUT2D eigenvalue weighted by atomic mass is 16.6. The second-order valence-corrected chi connectivity index (χ2v) is 4.41. The highest BCUT2D eigenvalue weighted by molar-refractivity contribution is 5.94. The first-order chi connectivity index (χ1) is 9.11. The van der Waals surface area contributed by atoms with Crippen molar-refractivity contribution >= 4 is 11.7 Å². The lowest BCUT2D eigenvalue weighted by molar-refractivity contribution is -0.119. The lowest BCUT2D eigenvalue weighted by Gasteiger charge is -2.26. The Kier molecular flexibility index (Phi) is 4.01. The van der Waals surface area contributed by atoms with Crippen molar-refractivity contribution < 1.29 is 14.4 Å². The van der Waals surface area contributed by atoms with Crippen LogP contribution in [0.4, 0.5) is 0 Å². The Labute approximate surface area is 111 Å². The summed E-state index contributed by atoms with van der Waals surface area (Å²) in [6.45, 7) is 2.38. The van der Waals surface area contributed by atoms with Crippen LogP contribution in [0.5, 0.6) is 0 Å². The van der Waals surface area contributed by atoms with E-state index in [1.165, 1.54) is 0 Å². The maximum Gasteiger partial charge on any atom is 0.233 e. The molecule has 0 aromatic carbocycles. The number of hydrogen-bond acceptors (Lipinski definition) is 5. The molecule has 0 atom stereocenters. The molecule has 102 valence electrons. The number of nitrogens with one attached hydrogen (secondary N) is 2. The van der Waals surface area contributed by atoms with Crippen molar-refractivity contribution in [3.05, 3.63) is 34.8 Å². The van der Waals surface area contributed by atoms with E-state index in [0.717, 1.165) is 16.8 Å². The lowest BCUT2D eigenvalue weighted by Crippen LogP contribution is -2.33. The molecule has 1 aliphatic carbocycles. The zero-order valence-corrected chi connectivity index (χ0v) is 10.8. The average Bonchev–Trinajstić information content (AvgIpc) is 2.41. The van der Waals surface area contributed by atoms with E-state index in [-0.39, 0.29) is 18.2 Å². The van der Waals surface area contributed by atoms with E-state index in [1.54, 1.807) is 12.2 Å². The van der Waals surface area contributed by atoms with Gasteiger partial charge in [-0.1, -0.05) is 0 Å². The minimum absolute atomic E-state index is 0.0193. The van der Waals surface area contributed by atoms with E-state index >= 15 is 0 Å². The Balaban J connectivity index is 2.05. The summed E-state index contributed by atoms with van der Waals surface area (Å²) in [4.78, 5) is 27.9. The number of hydroxylamine groups is 1. The molecule has 0 radical (unpaired) electrons. The van der Waals surface area contributed by atoms with Gasteiger partial charge in [-0.25, -0.2) is 5.48 Å². The summed E-state index contributed by atoms with van der Waals surface area (Å²) >= 11 is 0. The Morgan fingerprint density at radius 1 is 1.58 bits per heavy atom. The van der Waals surface area contributed by atoms with Gasteiger partial charge in [-0.15, -0.1) is 0 Å². The first-order valence-corrected chi connectivity index (χ1v) is 6.16. The van der Waals surface area contributed by atoms with Crippen LogP contribution in [0.1, 0.15) is 19.8 Å². The second-order valence-electron chi connectivity index (χ2n) is 4.41. The molecule has 1 amide bonds. The molecule has 6 nitrogen and oxygen atoms in total. The monoisotopic (exact) mass is 263 g/mol. The average molecular weight is 263 g/mol. The van der Waals surface area contributed by atoms with Crippen LogP contribution in [-0.2, 0) is 14.4 Å². The van der Waals surface area contributed by atoms with E-state index in [0.29, 0.717) is 25.1 Å². The fraction of sp³-hybridized carbons (Fsp3) is 0.385. The number of amides is 1. The number of hydrogen-bond donors (Lipinski definition) is 3. The molecule has 0 aromatic rings. The normalized spacial score (nSPS) is 17.9. The Morgan fingerprint density at radius 2 is 2.37 bits per heavy atom. The molecule has 0 saturated heterocycles. The van der Waals surface area contributed by atoms with Gasteiger partial charge in [0, 0.05) is 25.0 Å². The van der Waals surface area contributed by atoms with Crippen LogP contribution in [0.2, 0.25) is 0 Å². The Hall–Kier alpha value is -2.08.